The Balaban J connectivity index is 3.46. The molecule has 3 nitrogen and oxygen atoms in total. The molecule has 13 heavy (non-hydrogen) atoms. The highest BCUT2D eigenvalue weighted by atomic mass is 16.3. The quantitative estimate of drug-likeness (QED) is 0.732. The van der Waals surface area contributed by atoms with Crippen molar-refractivity contribution in [2.75, 3.05) is 0 Å². The lowest BCUT2D eigenvalue weighted by Gasteiger charge is -2.07. The van der Waals surface area contributed by atoms with E-state index in [1.165, 1.54) is 0 Å². The fraction of sp³-hybridized carbons (Fsp3) is 0.300. The van der Waals surface area contributed by atoms with Gasteiger partial charge in [-0.25, -0.2) is 0 Å². The number of aromatic hydroxyl groups is 1. The zero-order chi connectivity index (χ0) is 14.3. The van der Waals surface area contributed by atoms with Crippen LogP contribution in [0.15, 0.2) is 24.2 Å². The van der Waals surface area contributed by atoms with Crippen LogP contribution in [-0.4, -0.2) is 16.9 Å². The number of Topliss-reactive ketones (excluding diaryl/α,β-unsaturated/α-hetero) is 1. The average molecular weight is 184 g/mol. The maximum atomic E-state index is 11.2. The lowest BCUT2D eigenvalue weighted by molar-refractivity contribution is -0.118. The van der Waals surface area contributed by atoms with Gasteiger partial charge in [0.2, 0.25) is 0 Å². The van der Waals surface area contributed by atoms with E-state index in [1.807, 2.05) is 0 Å². The van der Waals surface area contributed by atoms with E-state index < -0.39 is 35.5 Å². The zero-order valence-electron chi connectivity index (χ0n) is 12.1. The minimum atomic E-state index is -2.65. The Bertz CT molecular complexity index is 501. The third kappa shape index (κ3) is 2.87. The van der Waals surface area contributed by atoms with Gasteiger partial charge in [-0.2, -0.15) is 0 Å². The zero-order valence-corrected chi connectivity index (χ0v) is 7.09. The molecule has 70 valence electrons. The molecule has 0 spiro atoms. The van der Waals surface area contributed by atoms with Gasteiger partial charge in [0.05, 0.1) is 10.1 Å². The van der Waals surface area contributed by atoms with Gasteiger partial charge in [-0.3, -0.25) is 4.79 Å². The summed E-state index contributed by atoms with van der Waals surface area (Å²) in [6.45, 7) is 0.979. The fourth-order valence-electron chi connectivity index (χ4n) is 0.713. The van der Waals surface area contributed by atoms with E-state index in [4.69, 9.17) is 12.6 Å². The summed E-state index contributed by atoms with van der Waals surface area (Å²) in [6.07, 6.45) is -2.65. The molecule has 1 aromatic rings. The summed E-state index contributed by atoms with van der Waals surface area (Å²) in [6, 6.07) is -1.53. The molecule has 1 atom stereocenters. The van der Waals surface area contributed by atoms with Crippen LogP contribution in [0.5, 0.6) is 5.75 Å². The molecule has 0 heterocycles. The van der Waals surface area contributed by atoms with E-state index in [-0.39, 0.29) is 6.04 Å². The van der Waals surface area contributed by atoms with E-state index in [0.29, 0.717) is 0 Å². The molecule has 0 aromatic heterocycles. The molecule has 0 bridgehead atoms. The Morgan fingerprint density at radius 1 is 1.92 bits per heavy atom. The predicted molar refractivity (Wildman–Crippen MR) is 50.5 cm³/mol. The maximum Gasteiger partial charge on any atom is 0.146 e. The summed E-state index contributed by atoms with van der Waals surface area (Å²) < 4.78 is 37.9. The Labute approximate surface area is 84.2 Å². The van der Waals surface area contributed by atoms with Crippen molar-refractivity contribution >= 4 is 5.78 Å². The lowest BCUT2D eigenvalue weighted by Crippen LogP contribution is -2.30. The van der Waals surface area contributed by atoms with Gasteiger partial charge in [-0.05, 0) is 31.0 Å². The second-order valence-corrected chi connectivity index (χ2v) is 2.47. The number of hydrogen-bond donors (Lipinski definition) is 2. The van der Waals surface area contributed by atoms with Crippen molar-refractivity contribution in [3.05, 3.63) is 29.8 Å². The van der Waals surface area contributed by atoms with Crippen LogP contribution in [0.1, 0.15) is 19.3 Å². The second-order valence-electron chi connectivity index (χ2n) is 2.47. The average Bonchev–Trinajstić information content (AvgIpc) is 2.22. The molecular formula is C10H13NO2. The van der Waals surface area contributed by atoms with Crippen LogP contribution in [0.25, 0.3) is 0 Å². The molecule has 0 unspecified atom stereocenters. The summed E-state index contributed by atoms with van der Waals surface area (Å²) in [5, 5.41) is 9.37. The molecule has 3 N–H and O–H groups in total. The summed E-state index contributed by atoms with van der Waals surface area (Å²) >= 11 is 0. The number of nitrogens with two attached hydrogens (primary N) is 1. The summed E-state index contributed by atoms with van der Waals surface area (Å²) in [4.78, 5) is 11.2. The number of carbonyl (C=O) groups excluding carboxylic acids is 1. The van der Waals surface area contributed by atoms with Gasteiger partial charge in [0.15, 0.2) is 0 Å². The smallest absolute Gasteiger partial charge is 0.146 e. The number of benzene rings is 1. The molecule has 0 aliphatic carbocycles. The first-order valence-corrected chi connectivity index (χ1v) is 3.62. The predicted octanol–water partition coefficient (Wildman–Crippen LogP) is 0.851. The Hall–Kier alpha value is -1.35. The van der Waals surface area contributed by atoms with Gasteiger partial charge in [-0.1, -0.05) is 12.1 Å². The van der Waals surface area contributed by atoms with E-state index in [0.717, 1.165) is 19.1 Å². The fourth-order valence-corrected chi connectivity index (χ4v) is 0.713. The summed E-state index contributed by atoms with van der Waals surface area (Å²) in [5.41, 5.74) is 4.96. The first-order chi connectivity index (χ1) is 8.01. The molecule has 0 saturated carbocycles. The van der Waals surface area contributed by atoms with Crippen molar-refractivity contribution in [2.24, 2.45) is 5.73 Å². The van der Waals surface area contributed by atoms with Crippen LogP contribution in [-0.2, 0) is 11.2 Å². The highest BCUT2D eigenvalue weighted by Crippen LogP contribution is 2.12. The first kappa shape index (κ1) is 4.77. The van der Waals surface area contributed by atoms with Crippen molar-refractivity contribution in [1.29, 1.82) is 0 Å². The molecule has 0 radical (unpaired) electrons. The topological polar surface area (TPSA) is 63.3 Å². The van der Waals surface area contributed by atoms with Gasteiger partial charge in [0.25, 0.3) is 0 Å². The lowest BCUT2D eigenvalue weighted by atomic mass is 10.0. The normalized spacial score (nSPS) is 21.5. The van der Waals surface area contributed by atoms with Gasteiger partial charge in [0.1, 0.15) is 11.5 Å². The van der Waals surface area contributed by atoms with E-state index >= 15 is 0 Å². The number of phenolic OH excluding ortho intramolecular Hbond substituents is 1. The maximum absolute atomic E-state index is 11.2. The van der Waals surface area contributed by atoms with Crippen LogP contribution < -0.4 is 5.73 Å². The van der Waals surface area contributed by atoms with Crippen LogP contribution >= 0.6 is 0 Å². The van der Waals surface area contributed by atoms with Crippen molar-refractivity contribution in [3.63, 3.8) is 0 Å². The SMILES string of the molecule is [2H]c1cc([2H])c(C([2H])([2H])[C@]([2H])(N)C(C)=O)cc1O. The van der Waals surface area contributed by atoms with Crippen molar-refractivity contribution < 1.29 is 16.8 Å². The van der Waals surface area contributed by atoms with Crippen molar-refractivity contribution in [1.82, 2.24) is 0 Å². The molecule has 0 aliphatic heterocycles. The molecule has 1 rings (SSSR count). The van der Waals surface area contributed by atoms with Crippen LogP contribution in [0.4, 0.5) is 0 Å². The number of phenols is 1. The van der Waals surface area contributed by atoms with Gasteiger partial charge < -0.3 is 10.8 Å². The third-order valence-corrected chi connectivity index (χ3v) is 1.38. The molecule has 0 fully saturated rings. The van der Waals surface area contributed by atoms with E-state index in [2.05, 4.69) is 0 Å². The minimum Gasteiger partial charge on any atom is -0.508 e. The Morgan fingerprint density at radius 2 is 2.62 bits per heavy atom. The van der Waals surface area contributed by atoms with E-state index in [9.17, 15) is 9.90 Å². The molecule has 0 amide bonds. The minimum absolute atomic E-state index is 0.338. The number of carbonyl (C=O) groups is 1. The van der Waals surface area contributed by atoms with Gasteiger partial charge in [0, 0.05) is 2.74 Å². The molecule has 1 aromatic carbocycles. The third-order valence-electron chi connectivity index (χ3n) is 1.38. The van der Waals surface area contributed by atoms with Crippen molar-refractivity contribution in [2.45, 2.75) is 19.3 Å². The van der Waals surface area contributed by atoms with Crippen LogP contribution in [0.2, 0.25) is 0 Å². The molecule has 0 aliphatic rings. The second kappa shape index (κ2) is 4.05. The standard InChI is InChI=1S/C10H13NO2/c1-7(12)10(11)6-8-3-2-4-9(13)5-8/h2-5,10,13H,6,11H2,1H3/t10-/m0/s1/i3D,4D,6D2,10D. The Kier molecular flexibility index (Phi) is 1.48. The van der Waals surface area contributed by atoms with Crippen LogP contribution in [0.3, 0.4) is 0 Å². The summed E-state index contributed by atoms with van der Waals surface area (Å²) in [5.74, 6) is -1.44. The van der Waals surface area contributed by atoms with Gasteiger partial charge in [-0.15, -0.1) is 0 Å². The number of hydrogen-bond acceptors (Lipinski definition) is 3. The first-order valence-electron chi connectivity index (χ1n) is 6.12. The number of rotatable bonds is 3. The number of ketones is 1. The van der Waals surface area contributed by atoms with Gasteiger partial charge >= 0.3 is 0 Å². The monoisotopic (exact) mass is 184 g/mol. The highest BCUT2D eigenvalue weighted by molar-refractivity contribution is 5.81. The molecule has 0 saturated heterocycles. The van der Waals surface area contributed by atoms with E-state index in [1.54, 1.807) is 0 Å². The highest BCUT2D eigenvalue weighted by Gasteiger charge is 2.08. The summed E-state index contributed by atoms with van der Waals surface area (Å²) in [7, 11) is 0. The Morgan fingerprint density at radius 3 is 3.23 bits per heavy atom. The molecular weight excluding hydrogens is 166 g/mol. The van der Waals surface area contributed by atoms with Crippen molar-refractivity contribution in [3.8, 4) is 5.75 Å². The molecule has 3 heteroatoms. The van der Waals surface area contributed by atoms with Crippen LogP contribution in [0, 0.1) is 0 Å². The largest absolute Gasteiger partial charge is 0.508 e.